The number of rotatable bonds is 3. The molecule has 134 valence electrons. The molecular weight excluding hydrogens is 377 g/mol. The molecule has 2 aliphatic heterocycles. The fraction of sp³-hybridized carbons (Fsp3) is 0.688. The number of hydrogen-bond donors (Lipinski definition) is 1. The van der Waals surface area contributed by atoms with Crippen molar-refractivity contribution < 1.29 is 19.0 Å². The van der Waals surface area contributed by atoms with Gasteiger partial charge in [0.05, 0.1) is 24.9 Å². The zero-order valence-corrected chi connectivity index (χ0v) is 15.7. The third kappa shape index (κ3) is 3.48. The highest BCUT2D eigenvalue weighted by molar-refractivity contribution is 6.76. The van der Waals surface area contributed by atoms with Crippen LogP contribution >= 0.6 is 34.8 Å². The molecule has 1 unspecified atom stereocenters. The summed E-state index contributed by atoms with van der Waals surface area (Å²) in [5, 5.41) is 2.81. The van der Waals surface area contributed by atoms with Crippen molar-refractivity contribution in [3.63, 3.8) is 0 Å². The highest BCUT2D eigenvalue weighted by atomic mass is 35.6. The minimum atomic E-state index is -2.06. The van der Waals surface area contributed by atoms with E-state index < -0.39 is 21.0 Å². The summed E-state index contributed by atoms with van der Waals surface area (Å²) in [6, 6.07) is 0. The molecule has 0 radical (unpaired) electrons. The van der Waals surface area contributed by atoms with Crippen molar-refractivity contribution in [2.45, 2.75) is 47.1 Å². The molecule has 0 aromatic carbocycles. The first-order chi connectivity index (χ1) is 11.0. The van der Waals surface area contributed by atoms with Crippen LogP contribution in [0.4, 0.5) is 0 Å². The van der Waals surface area contributed by atoms with Crippen molar-refractivity contribution in [2.24, 2.45) is 5.92 Å². The van der Waals surface area contributed by atoms with Gasteiger partial charge in [-0.05, 0) is 20.3 Å². The van der Waals surface area contributed by atoms with Crippen LogP contribution in [0.3, 0.4) is 0 Å². The predicted molar refractivity (Wildman–Crippen MR) is 92.2 cm³/mol. The van der Waals surface area contributed by atoms with Crippen molar-refractivity contribution in [3.05, 3.63) is 24.8 Å². The first kappa shape index (κ1) is 18.5. The number of nitrogens with one attached hydrogen (secondary N) is 1. The third-order valence-electron chi connectivity index (χ3n) is 4.76. The van der Waals surface area contributed by atoms with Gasteiger partial charge in [-0.1, -0.05) is 53.0 Å². The van der Waals surface area contributed by atoms with Crippen LogP contribution in [-0.4, -0.2) is 45.9 Å². The molecule has 1 N–H and O–H groups in total. The molecule has 0 aromatic rings. The fourth-order valence-corrected chi connectivity index (χ4v) is 3.50. The van der Waals surface area contributed by atoms with Crippen molar-refractivity contribution in [1.82, 2.24) is 5.32 Å². The maximum Gasteiger partial charge on any atom is 0.273 e. The van der Waals surface area contributed by atoms with E-state index in [-0.39, 0.29) is 17.6 Å². The molecular formula is C16H20Cl3NO4. The zero-order valence-electron chi connectivity index (χ0n) is 13.5. The second kappa shape index (κ2) is 5.86. The summed E-state index contributed by atoms with van der Waals surface area (Å²) in [6.45, 7) is 8.63. The van der Waals surface area contributed by atoms with Crippen LogP contribution in [0.2, 0.25) is 0 Å². The van der Waals surface area contributed by atoms with Gasteiger partial charge < -0.3 is 19.5 Å². The molecule has 2 heterocycles. The highest BCUT2D eigenvalue weighted by Crippen LogP contribution is 2.48. The average molecular weight is 397 g/mol. The van der Waals surface area contributed by atoms with E-state index in [1.807, 2.05) is 26.0 Å². The monoisotopic (exact) mass is 395 g/mol. The molecule has 1 spiro atoms. The number of carbonyl (C=O) groups is 1. The van der Waals surface area contributed by atoms with Crippen LogP contribution in [0.15, 0.2) is 24.8 Å². The van der Waals surface area contributed by atoms with Crippen LogP contribution < -0.4 is 5.32 Å². The van der Waals surface area contributed by atoms with Crippen LogP contribution in [0, 0.1) is 5.92 Å². The zero-order chi connectivity index (χ0) is 17.8. The van der Waals surface area contributed by atoms with Gasteiger partial charge in [0.2, 0.25) is 0 Å². The Kier molecular flexibility index (Phi) is 4.52. The van der Waals surface area contributed by atoms with Crippen LogP contribution in [-0.2, 0) is 19.0 Å². The number of alkyl halides is 3. The molecule has 1 amide bonds. The van der Waals surface area contributed by atoms with Gasteiger partial charge in [0, 0.05) is 5.92 Å². The number of epoxide rings is 1. The largest absolute Gasteiger partial charge is 0.365 e. The molecule has 0 saturated carbocycles. The molecule has 24 heavy (non-hydrogen) atoms. The Morgan fingerprint density at radius 1 is 1.33 bits per heavy atom. The summed E-state index contributed by atoms with van der Waals surface area (Å²) in [7, 11) is 0. The van der Waals surface area contributed by atoms with Gasteiger partial charge in [-0.15, -0.1) is 6.58 Å². The van der Waals surface area contributed by atoms with Crippen LogP contribution in [0.5, 0.6) is 0 Å². The number of ether oxygens (including phenoxy) is 3. The van der Waals surface area contributed by atoms with E-state index in [2.05, 4.69) is 11.9 Å². The van der Waals surface area contributed by atoms with Crippen molar-refractivity contribution in [3.8, 4) is 0 Å². The Morgan fingerprint density at radius 3 is 2.46 bits per heavy atom. The van der Waals surface area contributed by atoms with E-state index in [4.69, 9.17) is 49.0 Å². The normalized spacial score (nSPS) is 40.5. The van der Waals surface area contributed by atoms with E-state index in [9.17, 15) is 4.79 Å². The minimum Gasteiger partial charge on any atom is -0.365 e. The summed E-state index contributed by atoms with van der Waals surface area (Å²) in [5.41, 5.74) is -1.22. The standard InChI is InChI=1S/C16H20Cl3NO4/c1-4-15(20-12(21)16(17,18)19)6-5-14(9-23-14)7-10(15)11-8-22-13(2,3)24-11/h4-6,10-11H,1,7-9H2,2-3H3,(H,20,21)/t10?,11-,14-,15+/m1/s1. The molecule has 8 heteroatoms. The minimum absolute atomic E-state index is 0.166. The number of amides is 1. The van der Waals surface area contributed by atoms with Gasteiger partial charge >= 0.3 is 0 Å². The average Bonchev–Trinajstić information content (AvgIpc) is 3.14. The summed E-state index contributed by atoms with van der Waals surface area (Å²) >= 11 is 17.2. The second-order valence-corrected chi connectivity index (χ2v) is 9.23. The fourth-order valence-electron chi connectivity index (χ4n) is 3.35. The second-order valence-electron chi connectivity index (χ2n) is 6.95. The van der Waals surface area contributed by atoms with Gasteiger partial charge in [-0.3, -0.25) is 4.79 Å². The maximum atomic E-state index is 12.3. The highest BCUT2D eigenvalue weighted by Gasteiger charge is 2.57. The molecule has 3 rings (SSSR count). The van der Waals surface area contributed by atoms with Gasteiger partial charge in [-0.2, -0.15) is 0 Å². The SMILES string of the molecule is C=C[C@]1(NC(=O)C(Cl)(Cl)Cl)C=C[C@]2(CO2)CC1[C@H]1COC(C)(C)O1. The quantitative estimate of drug-likeness (QED) is 0.453. The van der Waals surface area contributed by atoms with Gasteiger partial charge in [0.15, 0.2) is 5.79 Å². The van der Waals surface area contributed by atoms with Gasteiger partial charge in [0.25, 0.3) is 9.70 Å². The summed E-state index contributed by atoms with van der Waals surface area (Å²) in [6.07, 6.45) is 5.83. The van der Waals surface area contributed by atoms with Gasteiger partial charge in [0.1, 0.15) is 5.60 Å². The number of halogens is 3. The molecule has 5 nitrogen and oxygen atoms in total. The van der Waals surface area contributed by atoms with E-state index in [1.54, 1.807) is 6.08 Å². The third-order valence-corrected chi connectivity index (χ3v) is 5.28. The van der Waals surface area contributed by atoms with Crippen LogP contribution in [0.25, 0.3) is 0 Å². The van der Waals surface area contributed by atoms with Gasteiger partial charge in [-0.25, -0.2) is 0 Å². The molecule has 0 aromatic heterocycles. The smallest absolute Gasteiger partial charge is 0.273 e. The summed E-state index contributed by atoms with van der Waals surface area (Å²) < 4.78 is 15.2. The van der Waals surface area contributed by atoms with E-state index in [0.717, 1.165) is 0 Å². The molecule has 2 fully saturated rings. The Morgan fingerprint density at radius 2 is 2.00 bits per heavy atom. The van der Waals surface area contributed by atoms with E-state index in [0.29, 0.717) is 19.6 Å². The lowest BCUT2D eigenvalue weighted by Gasteiger charge is -2.43. The van der Waals surface area contributed by atoms with Crippen molar-refractivity contribution in [1.29, 1.82) is 0 Å². The lowest BCUT2D eigenvalue weighted by Crippen LogP contribution is -2.59. The first-order valence-electron chi connectivity index (χ1n) is 7.70. The van der Waals surface area contributed by atoms with Crippen LogP contribution in [0.1, 0.15) is 20.3 Å². The Balaban J connectivity index is 1.91. The molecule has 0 bridgehead atoms. The lowest BCUT2D eigenvalue weighted by atomic mass is 9.70. The van der Waals surface area contributed by atoms with Crippen molar-refractivity contribution in [2.75, 3.05) is 13.2 Å². The molecule has 2 saturated heterocycles. The summed E-state index contributed by atoms with van der Waals surface area (Å²) in [4.78, 5) is 12.3. The molecule has 3 aliphatic rings. The first-order valence-corrected chi connectivity index (χ1v) is 8.83. The molecule has 4 atom stereocenters. The maximum absolute atomic E-state index is 12.3. The topological polar surface area (TPSA) is 60.1 Å². The Labute approximate surface area is 156 Å². The Bertz CT molecular complexity index is 582. The predicted octanol–water partition coefficient (Wildman–Crippen LogP) is 2.89. The van der Waals surface area contributed by atoms with Crippen molar-refractivity contribution >= 4 is 40.7 Å². The Hall–Kier alpha value is -0.300. The molecule has 1 aliphatic carbocycles. The van der Waals surface area contributed by atoms with E-state index in [1.165, 1.54) is 0 Å². The lowest BCUT2D eigenvalue weighted by molar-refractivity contribution is -0.148. The summed E-state index contributed by atoms with van der Waals surface area (Å²) in [5.74, 6) is -1.57. The van der Waals surface area contributed by atoms with E-state index >= 15 is 0 Å². The number of hydrogen-bond acceptors (Lipinski definition) is 4. The number of carbonyl (C=O) groups excluding carboxylic acids is 1.